The summed E-state index contributed by atoms with van der Waals surface area (Å²) in [5.74, 6) is 5.64. The second-order valence-corrected chi connectivity index (χ2v) is 2.97. The number of hydrogen-bond acceptors (Lipinski definition) is 3. The number of aryl methyl sites for hydroxylation is 1. The third-order valence-corrected chi connectivity index (χ3v) is 2.13. The molecule has 11 heavy (non-hydrogen) atoms. The van der Waals surface area contributed by atoms with Gasteiger partial charge in [0.2, 0.25) is 0 Å². The number of nitrogens with zero attached hydrogens (tertiary/aromatic N) is 3. The Hall–Kier alpha value is -0.870. The largest absolute Gasteiger partial charge is 0.337 e. The Bertz CT molecular complexity index is 265. The maximum atomic E-state index is 5.64. The summed E-state index contributed by atoms with van der Waals surface area (Å²) in [6, 6.07) is 0. The molecule has 0 bridgehead atoms. The van der Waals surface area contributed by atoms with Crippen molar-refractivity contribution in [1.29, 1.82) is 0 Å². The molecular weight excluding hydrogens is 140 g/mol. The minimum absolute atomic E-state index is 0.788. The molecule has 1 aliphatic rings. The van der Waals surface area contributed by atoms with Crippen molar-refractivity contribution in [3.05, 3.63) is 17.7 Å². The van der Waals surface area contributed by atoms with Crippen LogP contribution in [-0.4, -0.2) is 21.1 Å². The van der Waals surface area contributed by atoms with Gasteiger partial charge < -0.3 is 4.57 Å². The highest BCUT2D eigenvalue weighted by atomic mass is 15.4. The summed E-state index contributed by atoms with van der Waals surface area (Å²) in [6.07, 6.45) is 2.87. The summed E-state index contributed by atoms with van der Waals surface area (Å²) >= 11 is 0. The van der Waals surface area contributed by atoms with Gasteiger partial charge in [-0.3, -0.25) is 5.84 Å². The van der Waals surface area contributed by atoms with E-state index in [0.29, 0.717) is 0 Å². The van der Waals surface area contributed by atoms with E-state index in [1.54, 1.807) is 5.01 Å². The maximum absolute atomic E-state index is 5.64. The van der Waals surface area contributed by atoms with Crippen molar-refractivity contribution in [2.45, 2.75) is 13.0 Å². The van der Waals surface area contributed by atoms with E-state index in [9.17, 15) is 0 Å². The van der Waals surface area contributed by atoms with Crippen LogP contribution in [0.15, 0.2) is 6.33 Å². The molecule has 0 atom stereocenters. The molecule has 0 aliphatic carbocycles. The molecule has 60 valence electrons. The number of hydrazine groups is 1. The van der Waals surface area contributed by atoms with Crippen LogP contribution in [0, 0.1) is 0 Å². The Morgan fingerprint density at radius 1 is 1.64 bits per heavy atom. The third kappa shape index (κ3) is 1.04. The normalized spacial score (nSPS) is 18.4. The molecule has 2 N–H and O–H groups in total. The number of fused-ring (bicyclic) bond motifs is 1. The van der Waals surface area contributed by atoms with Gasteiger partial charge in [0.1, 0.15) is 0 Å². The molecule has 0 radical (unpaired) electrons. The second-order valence-electron chi connectivity index (χ2n) is 2.97. The first-order valence-electron chi connectivity index (χ1n) is 3.76. The minimum atomic E-state index is 0.788. The molecule has 2 heterocycles. The van der Waals surface area contributed by atoms with Crippen LogP contribution in [0.5, 0.6) is 0 Å². The number of rotatable bonds is 0. The van der Waals surface area contributed by atoms with Gasteiger partial charge in [0, 0.05) is 25.7 Å². The van der Waals surface area contributed by atoms with Gasteiger partial charge in [-0.15, -0.1) is 0 Å². The SMILES string of the molecule is Cn1cnc2c1CCN(N)C2. The second kappa shape index (κ2) is 2.32. The quantitative estimate of drug-likeness (QED) is 0.517. The molecule has 4 heteroatoms. The van der Waals surface area contributed by atoms with E-state index in [1.807, 2.05) is 13.4 Å². The molecule has 2 rings (SSSR count). The Balaban J connectivity index is 2.36. The number of hydrogen-bond donors (Lipinski definition) is 1. The molecule has 0 amide bonds. The average molecular weight is 152 g/mol. The molecule has 1 aromatic rings. The van der Waals surface area contributed by atoms with Crippen molar-refractivity contribution in [2.75, 3.05) is 6.54 Å². The van der Waals surface area contributed by atoms with E-state index in [4.69, 9.17) is 5.84 Å². The summed E-state index contributed by atoms with van der Waals surface area (Å²) in [5, 5.41) is 1.80. The fourth-order valence-electron chi connectivity index (χ4n) is 1.48. The Kier molecular flexibility index (Phi) is 1.44. The fraction of sp³-hybridized carbons (Fsp3) is 0.571. The summed E-state index contributed by atoms with van der Waals surface area (Å²) in [5.41, 5.74) is 2.45. The summed E-state index contributed by atoms with van der Waals surface area (Å²) < 4.78 is 2.07. The highest BCUT2D eigenvalue weighted by molar-refractivity contribution is 5.15. The smallest absolute Gasteiger partial charge is 0.0949 e. The molecule has 1 aliphatic heterocycles. The van der Waals surface area contributed by atoms with Crippen molar-refractivity contribution in [3.8, 4) is 0 Å². The molecule has 0 spiro atoms. The highest BCUT2D eigenvalue weighted by Crippen LogP contribution is 2.13. The lowest BCUT2D eigenvalue weighted by Gasteiger charge is -2.21. The van der Waals surface area contributed by atoms with Gasteiger partial charge in [0.15, 0.2) is 0 Å². The first-order chi connectivity index (χ1) is 5.27. The molecule has 0 saturated heterocycles. The van der Waals surface area contributed by atoms with Crippen LogP contribution >= 0.6 is 0 Å². The first-order valence-corrected chi connectivity index (χ1v) is 3.76. The molecule has 1 aromatic heterocycles. The van der Waals surface area contributed by atoms with Gasteiger partial charge >= 0.3 is 0 Å². The van der Waals surface area contributed by atoms with E-state index in [1.165, 1.54) is 5.69 Å². The van der Waals surface area contributed by atoms with Crippen LogP contribution in [0.2, 0.25) is 0 Å². The van der Waals surface area contributed by atoms with Gasteiger partial charge in [0.05, 0.1) is 18.6 Å². The van der Waals surface area contributed by atoms with Gasteiger partial charge in [-0.1, -0.05) is 0 Å². The van der Waals surface area contributed by atoms with Gasteiger partial charge in [-0.2, -0.15) is 0 Å². The van der Waals surface area contributed by atoms with E-state index in [2.05, 4.69) is 9.55 Å². The van der Waals surface area contributed by atoms with Crippen molar-refractivity contribution in [2.24, 2.45) is 12.9 Å². The van der Waals surface area contributed by atoms with Gasteiger partial charge in [0.25, 0.3) is 0 Å². The predicted octanol–water partition coefficient (Wildman–Crippen LogP) is -0.348. The molecule has 0 fully saturated rings. The monoisotopic (exact) mass is 152 g/mol. The fourth-order valence-corrected chi connectivity index (χ4v) is 1.48. The topological polar surface area (TPSA) is 47.1 Å². The van der Waals surface area contributed by atoms with Crippen molar-refractivity contribution in [3.63, 3.8) is 0 Å². The maximum Gasteiger partial charge on any atom is 0.0949 e. The molecular formula is C7H12N4. The summed E-state index contributed by atoms with van der Waals surface area (Å²) in [4.78, 5) is 4.25. The predicted molar refractivity (Wildman–Crippen MR) is 41.5 cm³/mol. The zero-order chi connectivity index (χ0) is 7.84. The zero-order valence-electron chi connectivity index (χ0n) is 6.62. The first kappa shape index (κ1) is 6.82. The third-order valence-electron chi connectivity index (χ3n) is 2.13. The average Bonchev–Trinajstić information content (AvgIpc) is 2.32. The van der Waals surface area contributed by atoms with Crippen LogP contribution in [0.1, 0.15) is 11.4 Å². The molecule has 0 saturated carbocycles. The van der Waals surface area contributed by atoms with Crippen LogP contribution in [0.4, 0.5) is 0 Å². The van der Waals surface area contributed by atoms with Crippen LogP contribution in [0.25, 0.3) is 0 Å². The standard InChI is InChI=1S/C7H12N4/c1-10-5-9-6-4-11(8)3-2-7(6)10/h5H,2-4,8H2,1H3. The molecule has 0 aromatic carbocycles. The van der Waals surface area contributed by atoms with E-state index >= 15 is 0 Å². The van der Waals surface area contributed by atoms with E-state index in [-0.39, 0.29) is 0 Å². The number of nitrogens with two attached hydrogens (primary N) is 1. The van der Waals surface area contributed by atoms with E-state index in [0.717, 1.165) is 25.2 Å². The van der Waals surface area contributed by atoms with Gasteiger partial charge in [-0.05, 0) is 0 Å². The number of imidazole rings is 1. The van der Waals surface area contributed by atoms with Crippen molar-refractivity contribution in [1.82, 2.24) is 14.6 Å². The van der Waals surface area contributed by atoms with Crippen LogP contribution in [0.3, 0.4) is 0 Å². The summed E-state index contributed by atoms with van der Waals surface area (Å²) in [7, 11) is 2.03. The Morgan fingerprint density at radius 2 is 2.45 bits per heavy atom. The summed E-state index contributed by atoms with van der Waals surface area (Å²) in [6.45, 7) is 1.72. The minimum Gasteiger partial charge on any atom is -0.337 e. The lowest BCUT2D eigenvalue weighted by atomic mass is 10.2. The number of aromatic nitrogens is 2. The van der Waals surface area contributed by atoms with Crippen molar-refractivity contribution >= 4 is 0 Å². The van der Waals surface area contributed by atoms with Gasteiger partial charge in [-0.25, -0.2) is 9.99 Å². The van der Waals surface area contributed by atoms with E-state index < -0.39 is 0 Å². The Labute approximate surface area is 65.6 Å². The molecule has 0 unspecified atom stereocenters. The van der Waals surface area contributed by atoms with Crippen LogP contribution < -0.4 is 5.84 Å². The lowest BCUT2D eigenvalue weighted by Crippen LogP contribution is -2.36. The van der Waals surface area contributed by atoms with Crippen molar-refractivity contribution < 1.29 is 0 Å². The molecule has 4 nitrogen and oxygen atoms in total. The lowest BCUT2D eigenvalue weighted by molar-refractivity contribution is 0.257. The zero-order valence-corrected chi connectivity index (χ0v) is 6.62. The Morgan fingerprint density at radius 3 is 3.27 bits per heavy atom. The highest BCUT2D eigenvalue weighted by Gasteiger charge is 2.16. The van der Waals surface area contributed by atoms with Crippen LogP contribution in [-0.2, 0) is 20.0 Å².